The lowest BCUT2D eigenvalue weighted by atomic mass is 10.0. The molecule has 1 amide bonds. The van der Waals surface area contributed by atoms with Gasteiger partial charge in [0.2, 0.25) is 5.56 Å². The van der Waals surface area contributed by atoms with Crippen molar-refractivity contribution in [2.24, 2.45) is 11.5 Å². The second-order valence-corrected chi connectivity index (χ2v) is 8.45. The molecular weight excluding hydrogens is 488 g/mol. The maximum Gasteiger partial charge on any atom is 0.326 e. The number of carbonyl (C=O) groups excluding carboxylic acids is 1. The van der Waals surface area contributed by atoms with Crippen LogP contribution < -0.4 is 22.3 Å². The standard InChI is InChI=1S/C19H15ClN2O4.C6H14N2O2/c20-13-7-5-11(6-8-13)18(24)22-16(19(25)26)9-12-10-17(23)21-15-4-2-1-3-14(12)15;7-4-2-1-3-5(8)6(9)10/h1-8,10,16H,9H2,(H,21,23)(H,22,24)(H,25,26);5H,1-4,7-8H2,(H,9,10)/t;5-/m.0/s1. The number of halogens is 1. The second kappa shape index (κ2) is 14.0. The smallest absolute Gasteiger partial charge is 0.326 e. The number of pyridine rings is 1. The van der Waals surface area contributed by atoms with Crippen LogP contribution in [0, 0.1) is 0 Å². The Labute approximate surface area is 212 Å². The summed E-state index contributed by atoms with van der Waals surface area (Å²) in [5.74, 6) is -2.64. The predicted octanol–water partition coefficient (Wildman–Crippen LogP) is 2.13. The highest BCUT2D eigenvalue weighted by Crippen LogP contribution is 2.17. The number of rotatable bonds is 10. The van der Waals surface area contributed by atoms with Crippen LogP contribution in [0.3, 0.4) is 0 Å². The molecule has 1 aromatic heterocycles. The van der Waals surface area contributed by atoms with Crippen molar-refractivity contribution >= 4 is 40.3 Å². The lowest BCUT2D eigenvalue weighted by Crippen LogP contribution is -2.42. The number of aromatic amines is 1. The van der Waals surface area contributed by atoms with Crippen LogP contribution in [0.2, 0.25) is 5.02 Å². The van der Waals surface area contributed by atoms with E-state index in [0.29, 0.717) is 34.6 Å². The van der Waals surface area contributed by atoms with Gasteiger partial charge < -0.3 is 32.0 Å². The molecule has 0 aliphatic heterocycles. The van der Waals surface area contributed by atoms with Crippen molar-refractivity contribution in [3.8, 4) is 0 Å². The Bertz CT molecular complexity index is 1250. The average Bonchev–Trinajstić information content (AvgIpc) is 2.84. The average molecular weight is 517 g/mol. The van der Waals surface area contributed by atoms with Gasteiger partial charge in [0.25, 0.3) is 5.91 Å². The van der Waals surface area contributed by atoms with Crippen molar-refractivity contribution in [1.29, 1.82) is 0 Å². The fraction of sp³-hybridized carbons (Fsp3) is 0.280. The Morgan fingerprint density at radius 1 is 1.00 bits per heavy atom. The summed E-state index contributed by atoms with van der Waals surface area (Å²) in [6.45, 7) is 0.604. The molecule has 0 aliphatic rings. The van der Waals surface area contributed by atoms with Crippen molar-refractivity contribution in [3.05, 3.63) is 81.1 Å². The third-order valence-corrected chi connectivity index (χ3v) is 5.51. The van der Waals surface area contributed by atoms with Crippen LogP contribution in [0.5, 0.6) is 0 Å². The van der Waals surface area contributed by atoms with Crippen LogP contribution in [0.1, 0.15) is 35.2 Å². The van der Waals surface area contributed by atoms with Crippen molar-refractivity contribution in [2.75, 3.05) is 6.54 Å². The zero-order valence-electron chi connectivity index (χ0n) is 19.4. The summed E-state index contributed by atoms with van der Waals surface area (Å²) in [7, 11) is 0. The molecule has 2 atom stereocenters. The lowest BCUT2D eigenvalue weighted by molar-refractivity contribution is -0.139. The molecule has 0 fully saturated rings. The highest BCUT2D eigenvalue weighted by atomic mass is 35.5. The van der Waals surface area contributed by atoms with E-state index in [1.807, 2.05) is 0 Å². The third kappa shape index (κ3) is 8.81. The minimum Gasteiger partial charge on any atom is -0.480 e. The van der Waals surface area contributed by atoms with Crippen molar-refractivity contribution in [3.63, 3.8) is 0 Å². The number of nitrogens with one attached hydrogen (secondary N) is 2. The fourth-order valence-corrected chi connectivity index (χ4v) is 3.47. The Morgan fingerprint density at radius 3 is 2.28 bits per heavy atom. The highest BCUT2D eigenvalue weighted by molar-refractivity contribution is 6.30. The Hall–Kier alpha value is -3.73. The third-order valence-electron chi connectivity index (χ3n) is 5.26. The topological polar surface area (TPSA) is 189 Å². The zero-order chi connectivity index (χ0) is 26.7. The molecule has 192 valence electrons. The Kier molecular flexibility index (Phi) is 11.1. The van der Waals surface area contributed by atoms with E-state index >= 15 is 0 Å². The number of fused-ring (bicyclic) bond motifs is 1. The van der Waals surface area contributed by atoms with Crippen LogP contribution in [0.15, 0.2) is 59.4 Å². The molecule has 0 bridgehead atoms. The number of para-hydroxylation sites is 1. The van der Waals surface area contributed by atoms with E-state index in [1.165, 1.54) is 18.2 Å². The van der Waals surface area contributed by atoms with E-state index in [1.54, 1.807) is 36.4 Å². The van der Waals surface area contributed by atoms with Gasteiger partial charge in [-0.05, 0) is 55.3 Å². The van der Waals surface area contributed by atoms with Gasteiger partial charge in [0, 0.05) is 34.0 Å². The molecule has 3 rings (SSSR count). The van der Waals surface area contributed by atoms with E-state index < -0.39 is 29.9 Å². The number of carboxylic acids is 2. The van der Waals surface area contributed by atoms with E-state index in [2.05, 4.69) is 10.3 Å². The second-order valence-electron chi connectivity index (χ2n) is 8.01. The first-order valence-corrected chi connectivity index (χ1v) is 11.6. The zero-order valence-corrected chi connectivity index (χ0v) is 20.2. The molecule has 3 aromatic rings. The first kappa shape index (κ1) is 28.5. The van der Waals surface area contributed by atoms with Crippen LogP contribution in [-0.4, -0.2) is 51.7 Å². The van der Waals surface area contributed by atoms with Crippen molar-refractivity contribution < 1.29 is 24.6 Å². The normalized spacial score (nSPS) is 12.2. The maximum atomic E-state index is 12.3. The number of nitrogens with two attached hydrogens (primary N) is 2. The largest absolute Gasteiger partial charge is 0.480 e. The molecule has 8 N–H and O–H groups in total. The molecule has 0 radical (unpaired) electrons. The number of aliphatic carboxylic acids is 2. The Morgan fingerprint density at radius 2 is 1.67 bits per heavy atom. The van der Waals surface area contributed by atoms with Gasteiger partial charge in [0.05, 0.1) is 0 Å². The molecule has 0 spiro atoms. The number of unbranched alkanes of at least 4 members (excludes halogenated alkanes) is 1. The maximum absolute atomic E-state index is 12.3. The molecule has 11 heteroatoms. The first-order valence-electron chi connectivity index (χ1n) is 11.2. The van der Waals surface area contributed by atoms with Crippen molar-refractivity contribution in [2.45, 2.75) is 37.8 Å². The Balaban J connectivity index is 0.000000388. The number of amides is 1. The molecule has 0 aliphatic carbocycles. The van der Waals surface area contributed by atoms with Gasteiger partial charge in [-0.1, -0.05) is 36.2 Å². The van der Waals surface area contributed by atoms with Crippen LogP contribution in [-0.2, 0) is 16.0 Å². The summed E-state index contributed by atoms with van der Waals surface area (Å²) in [4.78, 5) is 48.6. The van der Waals surface area contributed by atoms with E-state index in [-0.39, 0.29) is 12.0 Å². The molecule has 10 nitrogen and oxygen atoms in total. The molecule has 36 heavy (non-hydrogen) atoms. The molecule has 1 unspecified atom stereocenters. The SMILES string of the molecule is NCCCC[C@H](N)C(=O)O.O=C(NC(Cc1cc(=O)[nH]c2ccccc12)C(=O)O)c1ccc(Cl)cc1. The molecule has 0 saturated carbocycles. The number of benzene rings is 2. The summed E-state index contributed by atoms with van der Waals surface area (Å²) in [5.41, 5.74) is 11.6. The van der Waals surface area contributed by atoms with E-state index in [9.17, 15) is 24.3 Å². The number of carbonyl (C=O) groups is 3. The van der Waals surface area contributed by atoms with Gasteiger partial charge in [-0.3, -0.25) is 14.4 Å². The fourth-order valence-electron chi connectivity index (χ4n) is 3.34. The minimum atomic E-state index is -1.18. The van der Waals surface area contributed by atoms with Crippen LogP contribution in [0.4, 0.5) is 0 Å². The van der Waals surface area contributed by atoms with E-state index in [0.717, 1.165) is 18.2 Å². The van der Waals surface area contributed by atoms with Gasteiger partial charge in [-0.15, -0.1) is 0 Å². The summed E-state index contributed by atoms with van der Waals surface area (Å²) in [5, 5.41) is 21.5. The highest BCUT2D eigenvalue weighted by Gasteiger charge is 2.22. The number of hydrogen-bond acceptors (Lipinski definition) is 6. The molecular formula is C25H29ClN4O6. The number of carboxylic acid groups (broad SMARTS) is 2. The number of H-pyrrole nitrogens is 1. The lowest BCUT2D eigenvalue weighted by Gasteiger charge is -2.16. The van der Waals surface area contributed by atoms with Gasteiger partial charge in [0.15, 0.2) is 0 Å². The van der Waals surface area contributed by atoms with Gasteiger partial charge in [-0.2, -0.15) is 0 Å². The van der Waals surface area contributed by atoms with Crippen molar-refractivity contribution in [1.82, 2.24) is 10.3 Å². The summed E-state index contributed by atoms with van der Waals surface area (Å²) >= 11 is 5.79. The van der Waals surface area contributed by atoms with Gasteiger partial charge in [0.1, 0.15) is 12.1 Å². The molecule has 0 saturated heterocycles. The predicted molar refractivity (Wildman–Crippen MR) is 137 cm³/mol. The first-order chi connectivity index (χ1) is 17.1. The number of hydrogen-bond donors (Lipinski definition) is 6. The van der Waals surface area contributed by atoms with Gasteiger partial charge in [-0.25, -0.2) is 4.79 Å². The minimum absolute atomic E-state index is 0.0148. The van der Waals surface area contributed by atoms with E-state index in [4.69, 9.17) is 28.2 Å². The molecule has 1 heterocycles. The van der Waals surface area contributed by atoms with Gasteiger partial charge >= 0.3 is 11.9 Å². The van der Waals surface area contributed by atoms with Crippen LogP contribution in [0.25, 0.3) is 10.9 Å². The quantitative estimate of drug-likeness (QED) is 0.221. The summed E-state index contributed by atoms with van der Waals surface area (Å²) < 4.78 is 0. The molecule has 2 aromatic carbocycles. The monoisotopic (exact) mass is 516 g/mol. The summed E-state index contributed by atoms with van der Waals surface area (Å²) in [6, 6.07) is 12.7. The van der Waals surface area contributed by atoms with Crippen LogP contribution >= 0.6 is 11.6 Å². The summed E-state index contributed by atoms with van der Waals surface area (Å²) in [6.07, 6.45) is 2.15. The number of aromatic nitrogens is 1.